The lowest BCUT2D eigenvalue weighted by Gasteiger charge is -2.40. The molecule has 0 aromatic carbocycles. The summed E-state index contributed by atoms with van der Waals surface area (Å²) < 4.78 is 0. The third-order valence-electron chi connectivity index (χ3n) is 4.69. The van der Waals surface area contributed by atoms with Gasteiger partial charge in [0.1, 0.15) is 0 Å². The maximum absolute atomic E-state index is 3.69. The smallest absolute Gasteiger partial charge is 0.00968 e. The van der Waals surface area contributed by atoms with Crippen LogP contribution in [-0.4, -0.2) is 12.1 Å². The first-order valence-corrected chi connectivity index (χ1v) is 6.21. The highest BCUT2D eigenvalue weighted by Gasteiger charge is 2.55. The SMILES string of the molecule is CC(C)(C)NCC12C=CC(CC1)C2(C)C. The molecule has 0 heterocycles. The summed E-state index contributed by atoms with van der Waals surface area (Å²) in [5, 5.41) is 3.69. The number of nitrogens with one attached hydrogen (secondary N) is 1. The van der Waals surface area contributed by atoms with Gasteiger partial charge in [-0.05, 0) is 44.9 Å². The minimum absolute atomic E-state index is 0.235. The number of hydrogen-bond donors (Lipinski definition) is 1. The fraction of sp³-hybridized carbons (Fsp3) is 0.857. The first-order valence-electron chi connectivity index (χ1n) is 6.21. The number of allylic oxidation sites excluding steroid dienone is 1. The van der Waals surface area contributed by atoms with Gasteiger partial charge in [0, 0.05) is 17.5 Å². The zero-order valence-corrected chi connectivity index (χ0v) is 10.9. The second-order valence-corrected chi connectivity index (χ2v) is 6.99. The van der Waals surface area contributed by atoms with Crippen molar-refractivity contribution in [2.75, 3.05) is 6.54 Å². The van der Waals surface area contributed by atoms with Gasteiger partial charge < -0.3 is 5.32 Å². The van der Waals surface area contributed by atoms with Gasteiger partial charge in [-0.2, -0.15) is 0 Å². The van der Waals surface area contributed by atoms with Crippen molar-refractivity contribution in [1.82, 2.24) is 5.32 Å². The molecule has 2 bridgehead atoms. The molecule has 0 aliphatic heterocycles. The lowest BCUT2D eigenvalue weighted by molar-refractivity contribution is 0.145. The van der Waals surface area contributed by atoms with E-state index in [0.717, 1.165) is 12.5 Å². The van der Waals surface area contributed by atoms with Crippen molar-refractivity contribution >= 4 is 0 Å². The molecule has 2 unspecified atom stereocenters. The van der Waals surface area contributed by atoms with E-state index in [4.69, 9.17) is 0 Å². The maximum atomic E-state index is 3.69. The third kappa shape index (κ3) is 1.65. The van der Waals surface area contributed by atoms with Gasteiger partial charge in [0.2, 0.25) is 0 Å². The van der Waals surface area contributed by atoms with Gasteiger partial charge in [-0.3, -0.25) is 0 Å². The molecule has 0 radical (unpaired) electrons. The van der Waals surface area contributed by atoms with Crippen LogP contribution in [-0.2, 0) is 0 Å². The van der Waals surface area contributed by atoms with Crippen LogP contribution < -0.4 is 5.32 Å². The van der Waals surface area contributed by atoms with Crippen LogP contribution in [0.3, 0.4) is 0 Å². The first-order chi connectivity index (χ1) is 6.77. The van der Waals surface area contributed by atoms with E-state index in [9.17, 15) is 0 Å². The Morgan fingerprint density at radius 1 is 1.33 bits per heavy atom. The third-order valence-corrected chi connectivity index (χ3v) is 4.69. The standard InChI is InChI=1S/C14H25N/c1-12(2,3)15-10-14-8-6-11(7-9-14)13(14,4)5/h6,8,11,15H,7,9-10H2,1-5H3. The highest BCUT2D eigenvalue weighted by Crippen LogP contribution is 2.61. The molecule has 0 aromatic rings. The van der Waals surface area contributed by atoms with Crippen LogP contribution in [0.1, 0.15) is 47.5 Å². The Kier molecular flexibility index (Phi) is 2.31. The van der Waals surface area contributed by atoms with Gasteiger partial charge in [-0.25, -0.2) is 0 Å². The summed E-state index contributed by atoms with van der Waals surface area (Å²) in [6.07, 6.45) is 7.69. The van der Waals surface area contributed by atoms with E-state index in [2.05, 4.69) is 52.1 Å². The van der Waals surface area contributed by atoms with E-state index in [-0.39, 0.29) is 5.54 Å². The van der Waals surface area contributed by atoms with Crippen LogP contribution in [0.4, 0.5) is 0 Å². The Bertz CT molecular complexity index is 282. The zero-order valence-electron chi connectivity index (χ0n) is 10.9. The van der Waals surface area contributed by atoms with Crippen molar-refractivity contribution in [2.45, 2.75) is 53.0 Å². The van der Waals surface area contributed by atoms with Crippen molar-refractivity contribution in [1.29, 1.82) is 0 Å². The van der Waals surface area contributed by atoms with Gasteiger partial charge in [0.05, 0.1) is 0 Å². The van der Waals surface area contributed by atoms with E-state index in [1.807, 2.05) is 0 Å². The van der Waals surface area contributed by atoms with E-state index in [1.54, 1.807) is 0 Å². The minimum Gasteiger partial charge on any atom is -0.311 e. The molecule has 2 aliphatic carbocycles. The highest BCUT2D eigenvalue weighted by atomic mass is 15.0. The van der Waals surface area contributed by atoms with Gasteiger partial charge in [-0.1, -0.05) is 26.0 Å². The molecule has 0 aromatic heterocycles. The van der Waals surface area contributed by atoms with Crippen LogP contribution >= 0.6 is 0 Å². The molecule has 1 nitrogen and oxygen atoms in total. The van der Waals surface area contributed by atoms with Gasteiger partial charge in [0.25, 0.3) is 0 Å². The quantitative estimate of drug-likeness (QED) is 0.685. The lowest BCUT2D eigenvalue weighted by atomic mass is 9.69. The Hall–Kier alpha value is -0.300. The topological polar surface area (TPSA) is 12.0 Å². The second-order valence-electron chi connectivity index (χ2n) is 6.99. The highest BCUT2D eigenvalue weighted by molar-refractivity contribution is 5.24. The molecule has 1 heteroatoms. The molecule has 0 saturated heterocycles. The summed E-state index contributed by atoms with van der Waals surface area (Å²) in [4.78, 5) is 0. The summed E-state index contributed by atoms with van der Waals surface area (Å²) in [6.45, 7) is 12.8. The Morgan fingerprint density at radius 2 is 2.00 bits per heavy atom. The summed E-state index contributed by atoms with van der Waals surface area (Å²) in [7, 11) is 0. The Labute approximate surface area is 94.3 Å². The maximum Gasteiger partial charge on any atom is 0.00968 e. The van der Waals surface area contributed by atoms with Crippen molar-refractivity contribution in [3.63, 3.8) is 0 Å². The number of hydrogen-bond acceptors (Lipinski definition) is 1. The molecule has 2 rings (SSSR count). The van der Waals surface area contributed by atoms with Crippen LogP contribution in [0.2, 0.25) is 0 Å². The van der Waals surface area contributed by atoms with Crippen LogP contribution in [0.5, 0.6) is 0 Å². The lowest BCUT2D eigenvalue weighted by Crippen LogP contribution is -2.46. The second kappa shape index (κ2) is 3.10. The monoisotopic (exact) mass is 207 g/mol. The van der Waals surface area contributed by atoms with Gasteiger partial charge in [-0.15, -0.1) is 0 Å². The van der Waals surface area contributed by atoms with E-state index in [0.29, 0.717) is 10.8 Å². The first kappa shape index (κ1) is 11.2. The zero-order chi connectivity index (χ0) is 11.3. The van der Waals surface area contributed by atoms with Crippen molar-refractivity contribution in [2.24, 2.45) is 16.7 Å². The summed E-state index contributed by atoms with van der Waals surface area (Å²) in [5.41, 5.74) is 1.12. The Morgan fingerprint density at radius 3 is 2.33 bits per heavy atom. The predicted molar refractivity (Wildman–Crippen MR) is 65.8 cm³/mol. The molecule has 86 valence electrons. The molecule has 2 atom stereocenters. The van der Waals surface area contributed by atoms with Crippen LogP contribution in [0, 0.1) is 16.7 Å². The van der Waals surface area contributed by atoms with Crippen molar-refractivity contribution in [3.05, 3.63) is 12.2 Å². The summed E-state index contributed by atoms with van der Waals surface area (Å²) >= 11 is 0. The molecule has 0 amide bonds. The minimum atomic E-state index is 0.235. The van der Waals surface area contributed by atoms with Crippen molar-refractivity contribution < 1.29 is 0 Å². The van der Waals surface area contributed by atoms with Gasteiger partial charge in [0.15, 0.2) is 0 Å². The normalized spacial score (nSPS) is 37.5. The number of rotatable bonds is 2. The van der Waals surface area contributed by atoms with E-state index >= 15 is 0 Å². The average Bonchev–Trinajstić information content (AvgIpc) is 2.50. The molecular weight excluding hydrogens is 182 g/mol. The molecule has 15 heavy (non-hydrogen) atoms. The van der Waals surface area contributed by atoms with E-state index in [1.165, 1.54) is 12.8 Å². The van der Waals surface area contributed by atoms with Gasteiger partial charge >= 0.3 is 0 Å². The van der Waals surface area contributed by atoms with Crippen molar-refractivity contribution in [3.8, 4) is 0 Å². The Balaban J connectivity index is 2.11. The van der Waals surface area contributed by atoms with E-state index < -0.39 is 0 Å². The predicted octanol–water partition coefficient (Wildman–Crippen LogP) is 3.37. The molecule has 1 N–H and O–H groups in total. The molecular formula is C14H25N. The fourth-order valence-corrected chi connectivity index (χ4v) is 3.20. The van der Waals surface area contributed by atoms with Crippen LogP contribution in [0.15, 0.2) is 12.2 Å². The summed E-state index contributed by atoms with van der Waals surface area (Å²) in [6, 6.07) is 0. The molecule has 2 aliphatic rings. The molecule has 1 saturated carbocycles. The molecule has 0 spiro atoms. The average molecular weight is 207 g/mol. The van der Waals surface area contributed by atoms with Crippen LogP contribution in [0.25, 0.3) is 0 Å². The number of fused-ring (bicyclic) bond motifs is 2. The summed E-state index contributed by atoms with van der Waals surface area (Å²) in [5.74, 6) is 0.819. The fourth-order valence-electron chi connectivity index (χ4n) is 3.20. The molecule has 1 fully saturated rings. The largest absolute Gasteiger partial charge is 0.311 e.